The molecule has 190 valence electrons. The first-order valence-corrected chi connectivity index (χ1v) is 13.1. The lowest BCUT2D eigenvalue weighted by Crippen LogP contribution is -2.56. The Hall–Kier alpha value is -2.57. The van der Waals surface area contributed by atoms with Gasteiger partial charge in [-0.2, -0.15) is 0 Å². The summed E-state index contributed by atoms with van der Waals surface area (Å²) in [6.07, 6.45) is 2.67. The molecule has 2 heterocycles. The SMILES string of the molecule is CCC(C)[C@@H](CN1CC[C@@](C)(c2cccc(O)c2)[C@@H](C)C1)NC(=O)[C@H]1Cc2ccc(O)cc2CN1. The summed E-state index contributed by atoms with van der Waals surface area (Å²) >= 11 is 0. The number of nitrogens with one attached hydrogen (secondary N) is 2. The van der Waals surface area contributed by atoms with Crippen LogP contribution in [0.5, 0.6) is 11.5 Å². The summed E-state index contributed by atoms with van der Waals surface area (Å²) in [7, 11) is 0. The normalized spacial score (nSPS) is 26.5. The number of aromatic hydroxyl groups is 2. The summed E-state index contributed by atoms with van der Waals surface area (Å²) in [5.41, 5.74) is 3.41. The smallest absolute Gasteiger partial charge is 0.237 e. The van der Waals surface area contributed by atoms with Crippen molar-refractivity contribution in [3.63, 3.8) is 0 Å². The fraction of sp³-hybridized carbons (Fsp3) is 0.552. The average molecular weight is 480 g/mol. The van der Waals surface area contributed by atoms with Crippen LogP contribution in [-0.2, 0) is 23.2 Å². The van der Waals surface area contributed by atoms with Gasteiger partial charge in [0, 0.05) is 25.7 Å². The van der Waals surface area contributed by atoms with Gasteiger partial charge in [0.15, 0.2) is 0 Å². The Morgan fingerprint density at radius 1 is 1.20 bits per heavy atom. The molecular formula is C29H41N3O3. The summed E-state index contributed by atoms with van der Waals surface area (Å²) in [4.78, 5) is 15.8. The number of hydrogen-bond acceptors (Lipinski definition) is 5. The monoisotopic (exact) mass is 479 g/mol. The Bertz CT molecular complexity index is 1040. The molecule has 1 amide bonds. The van der Waals surface area contributed by atoms with Gasteiger partial charge in [-0.05, 0) is 77.6 Å². The van der Waals surface area contributed by atoms with Crippen LogP contribution in [-0.4, -0.2) is 52.7 Å². The second-order valence-corrected chi connectivity index (χ2v) is 11.0. The summed E-state index contributed by atoms with van der Waals surface area (Å²) in [5.74, 6) is 1.46. The predicted molar refractivity (Wildman–Crippen MR) is 140 cm³/mol. The second kappa shape index (κ2) is 10.6. The lowest BCUT2D eigenvalue weighted by atomic mass is 9.68. The van der Waals surface area contributed by atoms with E-state index in [1.807, 2.05) is 18.2 Å². The Morgan fingerprint density at radius 3 is 2.69 bits per heavy atom. The van der Waals surface area contributed by atoms with Crippen LogP contribution in [0, 0.1) is 11.8 Å². The minimum absolute atomic E-state index is 0.0260. The van der Waals surface area contributed by atoms with Crippen LogP contribution in [0.3, 0.4) is 0 Å². The number of hydrogen-bond donors (Lipinski definition) is 4. The summed E-state index contributed by atoms with van der Waals surface area (Å²) in [6, 6.07) is 12.9. The maximum absolute atomic E-state index is 13.3. The van der Waals surface area contributed by atoms with E-state index in [1.54, 1.807) is 18.2 Å². The number of carbonyl (C=O) groups is 1. The molecule has 2 aromatic carbocycles. The average Bonchev–Trinajstić information content (AvgIpc) is 2.85. The second-order valence-electron chi connectivity index (χ2n) is 11.0. The minimum Gasteiger partial charge on any atom is -0.508 e. The van der Waals surface area contributed by atoms with E-state index in [9.17, 15) is 15.0 Å². The van der Waals surface area contributed by atoms with Crippen LogP contribution in [0.1, 0.15) is 57.2 Å². The molecule has 1 fully saturated rings. The molecule has 0 saturated carbocycles. The number of nitrogens with zero attached hydrogens (tertiary/aromatic N) is 1. The lowest BCUT2D eigenvalue weighted by Gasteiger charge is -2.46. The fourth-order valence-electron chi connectivity index (χ4n) is 5.67. The van der Waals surface area contributed by atoms with Crippen molar-refractivity contribution < 1.29 is 15.0 Å². The molecule has 6 nitrogen and oxygen atoms in total. The first-order valence-electron chi connectivity index (χ1n) is 13.1. The van der Waals surface area contributed by atoms with Gasteiger partial charge in [0.1, 0.15) is 11.5 Å². The molecule has 4 N–H and O–H groups in total. The Morgan fingerprint density at radius 2 is 1.97 bits per heavy atom. The van der Waals surface area contributed by atoms with Crippen molar-refractivity contribution in [1.82, 2.24) is 15.5 Å². The quantitative estimate of drug-likeness (QED) is 0.483. The summed E-state index contributed by atoms with van der Waals surface area (Å²) in [6.45, 7) is 12.4. The number of likely N-dealkylation sites (tertiary alicyclic amines) is 1. The number of phenols is 2. The van der Waals surface area contributed by atoms with Crippen molar-refractivity contribution in [1.29, 1.82) is 0 Å². The van der Waals surface area contributed by atoms with Gasteiger partial charge < -0.3 is 25.7 Å². The zero-order valence-electron chi connectivity index (χ0n) is 21.6. The van der Waals surface area contributed by atoms with Gasteiger partial charge in [0.25, 0.3) is 0 Å². The highest BCUT2D eigenvalue weighted by Crippen LogP contribution is 2.40. The predicted octanol–water partition coefficient (Wildman–Crippen LogP) is 3.94. The van der Waals surface area contributed by atoms with Crippen LogP contribution in [0.2, 0.25) is 0 Å². The van der Waals surface area contributed by atoms with Crippen LogP contribution in [0.25, 0.3) is 0 Å². The molecule has 0 aromatic heterocycles. The lowest BCUT2D eigenvalue weighted by molar-refractivity contribution is -0.124. The number of phenolic OH excluding ortho intramolecular Hbond substituents is 2. The number of amides is 1. The molecular weight excluding hydrogens is 438 g/mol. The number of piperidine rings is 1. The first kappa shape index (κ1) is 25.5. The van der Waals surface area contributed by atoms with Crippen molar-refractivity contribution in [2.24, 2.45) is 11.8 Å². The Balaban J connectivity index is 1.39. The van der Waals surface area contributed by atoms with E-state index in [2.05, 4.69) is 49.3 Å². The molecule has 2 aliphatic rings. The first-order chi connectivity index (χ1) is 16.7. The largest absolute Gasteiger partial charge is 0.508 e. The van der Waals surface area contributed by atoms with E-state index >= 15 is 0 Å². The third kappa shape index (κ3) is 5.65. The van der Waals surface area contributed by atoms with Crippen molar-refractivity contribution >= 4 is 5.91 Å². The maximum Gasteiger partial charge on any atom is 0.237 e. The molecule has 0 bridgehead atoms. The molecule has 0 radical (unpaired) electrons. The van der Waals surface area contributed by atoms with Gasteiger partial charge in [-0.25, -0.2) is 0 Å². The van der Waals surface area contributed by atoms with Crippen molar-refractivity contribution in [3.8, 4) is 11.5 Å². The van der Waals surface area contributed by atoms with E-state index in [1.165, 1.54) is 5.56 Å². The van der Waals surface area contributed by atoms with Gasteiger partial charge in [0.05, 0.1) is 6.04 Å². The van der Waals surface area contributed by atoms with E-state index in [4.69, 9.17) is 0 Å². The minimum atomic E-state index is -0.257. The molecule has 0 spiro atoms. The maximum atomic E-state index is 13.3. The number of carbonyl (C=O) groups excluding carboxylic acids is 1. The number of rotatable bonds is 7. The standard InChI is InChI=1S/C29H41N3O3/c1-5-19(2)27(31-28(35)26-14-21-9-10-25(34)13-22(21)16-30-26)18-32-12-11-29(4,20(3)17-32)23-7-6-8-24(33)15-23/h6-10,13,15,19-20,26-27,30,33-34H,5,11-12,14,16-18H2,1-4H3,(H,31,35)/t19?,20-,26+,27+,29+/m0/s1. The summed E-state index contributed by atoms with van der Waals surface area (Å²) < 4.78 is 0. The van der Waals surface area contributed by atoms with Gasteiger partial charge in [0.2, 0.25) is 5.91 Å². The van der Waals surface area contributed by atoms with E-state index in [-0.39, 0.29) is 29.2 Å². The third-order valence-corrected chi connectivity index (χ3v) is 8.66. The molecule has 0 aliphatic carbocycles. The fourth-order valence-corrected chi connectivity index (χ4v) is 5.67. The molecule has 1 saturated heterocycles. The van der Waals surface area contributed by atoms with Gasteiger partial charge in [-0.15, -0.1) is 0 Å². The molecule has 35 heavy (non-hydrogen) atoms. The highest BCUT2D eigenvalue weighted by molar-refractivity contribution is 5.82. The van der Waals surface area contributed by atoms with Crippen LogP contribution in [0.15, 0.2) is 42.5 Å². The van der Waals surface area contributed by atoms with E-state index in [0.29, 0.717) is 30.6 Å². The Labute approximate surface area is 209 Å². The van der Waals surface area contributed by atoms with Crippen molar-refractivity contribution in [3.05, 3.63) is 59.2 Å². The van der Waals surface area contributed by atoms with Gasteiger partial charge in [-0.1, -0.05) is 52.3 Å². The molecule has 4 rings (SSSR count). The molecule has 6 heteroatoms. The third-order valence-electron chi connectivity index (χ3n) is 8.66. The topological polar surface area (TPSA) is 84.8 Å². The molecule has 2 aromatic rings. The zero-order valence-corrected chi connectivity index (χ0v) is 21.6. The van der Waals surface area contributed by atoms with Gasteiger partial charge >= 0.3 is 0 Å². The summed E-state index contributed by atoms with van der Waals surface area (Å²) in [5, 5.41) is 26.5. The molecule has 2 aliphatic heterocycles. The molecule has 1 unspecified atom stereocenters. The zero-order chi connectivity index (χ0) is 25.2. The van der Waals surface area contributed by atoms with Crippen LogP contribution >= 0.6 is 0 Å². The Kier molecular flexibility index (Phi) is 7.72. The van der Waals surface area contributed by atoms with Crippen molar-refractivity contribution in [2.45, 2.75) is 71.0 Å². The molecule has 5 atom stereocenters. The number of benzene rings is 2. The van der Waals surface area contributed by atoms with E-state index in [0.717, 1.165) is 43.6 Å². The van der Waals surface area contributed by atoms with Gasteiger partial charge in [-0.3, -0.25) is 4.79 Å². The highest BCUT2D eigenvalue weighted by Gasteiger charge is 2.39. The van der Waals surface area contributed by atoms with Crippen LogP contribution in [0.4, 0.5) is 0 Å². The van der Waals surface area contributed by atoms with E-state index < -0.39 is 0 Å². The highest BCUT2D eigenvalue weighted by atomic mass is 16.3. The van der Waals surface area contributed by atoms with Crippen LogP contribution < -0.4 is 10.6 Å². The number of fused-ring (bicyclic) bond motifs is 1. The van der Waals surface area contributed by atoms with Crippen molar-refractivity contribution in [2.75, 3.05) is 19.6 Å².